The van der Waals surface area contributed by atoms with E-state index in [0.29, 0.717) is 19.5 Å². The summed E-state index contributed by atoms with van der Waals surface area (Å²) in [6, 6.07) is 0.119. The number of carbonyl (C=O) groups is 2. The van der Waals surface area contributed by atoms with Crippen LogP contribution >= 0.6 is 0 Å². The van der Waals surface area contributed by atoms with Crippen molar-refractivity contribution in [1.29, 1.82) is 0 Å². The molecule has 0 radical (unpaired) electrons. The molecule has 4 fully saturated rings. The molecular formula is C17H23N5O3. The van der Waals surface area contributed by atoms with Gasteiger partial charge in [0.15, 0.2) is 5.75 Å². The topological polar surface area (TPSA) is 79.7 Å². The van der Waals surface area contributed by atoms with Crippen LogP contribution in [0.2, 0.25) is 0 Å². The van der Waals surface area contributed by atoms with E-state index in [4.69, 9.17) is 4.74 Å². The standard InChI is InChI=1S/C17H23N5O3/c1-20-7-13(6-18-20)25-12-4-16(5-12)8-21(9-16)15(24)22-10-17(11-22)3-2-14(23)19-17/h6-7,12H,2-5,8-11H2,1H3,(H,19,23). The van der Waals surface area contributed by atoms with Gasteiger partial charge in [0.1, 0.15) is 6.10 Å². The fourth-order valence-electron chi connectivity index (χ4n) is 4.83. The van der Waals surface area contributed by atoms with Crippen molar-refractivity contribution in [2.45, 2.75) is 37.3 Å². The van der Waals surface area contributed by atoms with Crippen molar-refractivity contribution in [2.24, 2.45) is 12.5 Å². The van der Waals surface area contributed by atoms with Crippen LogP contribution in [0.1, 0.15) is 25.7 Å². The van der Waals surface area contributed by atoms with Crippen molar-refractivity contribution in [1.82, 2.24) is 24.9 Å². The molecule has 3 saturated heterocycles. The van der Waals surface area contributed by atoms with E-state index in [1.54, 1.807) is 10.9 Å². The Balaban J connectivity index is 1.07. The molecule has 134 valence electrons. The Morgan fingerprint density at radius 3 is 2.60 bits per heavy atom. The molecule has 4 aliphatic rings. The van der Waals surface area contributed by atoms with Gasteiger partial charge in [-0.1, -0.05) is 0 Å². The van der Waals surface area contributed by atoms with Gasteiger partial charge in [0, 0.05) is 45.1 Å². The predicted octanol–water partition coefficient (Wildman–Crippen LogP) is 0.348. The summed E-state index contributed by atoms with van der Waals surface area (Å²) in [5.74, 6) is 0.934. The molecule has 5 rings (SSSR count). The highest BCUT2D eigenvalue weighted by molar-refractivity contribution is 5.82. The van der Waals surface area contributed by atoms with Gasteiger partial charge in [0.25, 0.3) is 0 Å². The summed E-state index contributed by atoms with van der Waals surface area (Å²) in [5.41, 5.74) is 0.126. The van der Waals surface area contributed by atoms with Gasteiger partial charge in [0.2, 0.25) is 5.91 Å². The van der Waals surface area contributed by atoms with E-state index in [-0.39, 0.29) is 29.0 Å². The first kappa shape index (κ1) is 15.0. The zero-order valence-corrected chi connectivity index (χ0v) is 14.4. The predicted molar refractivity (Wildman–Crippen MR) is 87.9 cm³/mol. The smallest absolute Gasteiger partial charge is 0.320 e. The van der Waals surface area contributed by atoms with Crippen LogP contribution < -0.4 is 10.1 Å². The number of hydrogen-bond donors (Lipinski definition) is 1. The number of carbonyl (C=O) groups excluding carboxylic acids is 2. The normalized spacial score (nSPS) is 26.2. The average Bonchev–Trinajstić information content (AvgIpc) is 3.04. The minimum Gasteiger partial charge on any atom is -0.487 e. The van der Waals surface area contributed by atoms with E-state index in [2.05, 4.69) is 10.4 Å². The summed E-state index contributed by atoms with van der Waals surface area (Å²) in [4.78, 5) is 27.7. The van der Waals surface area contributed by atoms with Crippen LogP contribution in [0, 0.1) is 5.41 Å². The molecule has 8 heteroatoms. The highest BCUT2D eigenvalue weighted by atomic mass is 16.5. The van der Waals surface area contributed by atoms with E-state index in [1.807, 2.05) is 23.0 Å². The lowest BCUT2D eigenvalue weighted by atomic mass is 9.62. The molecule has 0 bridgehead atoms. The maximum absolute atomic E-state index is 12.5. The summed E-state index contributed by atoms with van der Waals surface area (Å²) >= 11 is 0. The Morgan fingerprint density at radius 2 is 2.00 bits per heavy atom. The lowest BCUT2D eigenvalue weighted by molar-refractivity contribution is -0.121. The number of aryl methyl sites for hydroxylation is 1. The first-order chi connectivity index (χ1) is 11.9. The maximum atomic E-state index is 12.5. The molecule has 1 saturated carbocycles. The molecule has 0 atom stereocenters. The van der Waals surface area contributed by atoms with Gasteiger partial charge >= 0.3 is 6.03 Å². The molecule has 0 aromatic carbocycles. The molecule has 1 aliphatic carbocycles. The molecule has 25 heavy (non-hydrogen) atoms. The van der Waals surface area contributed by atoms with Gasteiger partial charge in [-0.15, -0.1) is 0 Å². The number of hydrogen-bond acceptors (Lipinski definition) is 4. The first-order valence-electron chi connectivity index (χ1n) is 8.95. The lowest BCUT2D eigenvalue weighted by Crippen LogP contribution is -2.74. The summed E-state index contributed by atoms with van der Waals surface area (Å²) in [6.45, 7) is 2.98. The van der Waals surface area contributed by atoms with E-state index < -0.39 is 0 Å². The van der Waals surface area contributed by atoms with Crippen LogP contribution in [0.3, 0.4) is 0 Å². The van der Waals surface area contributed by atoms with E-state index in [0.717, 1.165) is 38.1 Å². The molecule has 2 spiro atoms. The molecule has 3 amide bonds. The zero-order valence-electron chi connectivity index (χ0n) is 14.4. The van der Waals surface area contributed by atoms with Crippen LogP contribution in [0.5, 0.6) is 5.75 Å². The van der Waals surface area contributed by atoms with Gasteiger partial charge in [0.05, 0.1) is 17.9 Å². The third-order valence-electron chi connectivity index (χ3n) is 6.12. The van der Waals surface area contributed by atoms with E-state index in [9.17, 15) is 9.59 Å². The van der Waals surface area contributed by atoms with Crippen LogP contribution in [0.25, 0.3) is 0 Å². The lowest BCUT2D eigenvalue weighted by Gasteiger charge is -2.60. The molecule has 8 nitrogen and oxygen atoms in total. The first-order valence-corrected chi connectivity index (χ1v) is 8.95. The fourth-order valence-corrected chi connectivity index (χ4v) is 4.83. The molecule has 1 aromatic rings. The van der Waals surface area contributed by atoms with Crippen LogP contribution in [-0.4, -0.2) is 69.3 Å². The van der Waals surface area contributed by atoms with Crippen molar-refractivity contribution in [3.8, 4) is 5.75 Å². The number of nitrogens with one attached hydrogen (secondary N) is 1. The fraction of sp³-hybridized carbons (Fsp3) is 0.706. The monoisotopic (exact) mass is 345 g/mol. The zero-order chi connectivity index (χ0) is 17.2. The Morgan fingerprint density at radius 1 is 1.28 bits per heavy atom. The highest BCUT2D eigenvalue weighted by Crippen LogP contribution is 2.50. The van der Waals surface area contributed by atoms with Crippen molar-refractivity contribution < 1.29 is 14.3 Å². The molecular weight excluding hydrogens is 322 g/mol. The van der Waals surface area contributed by atoms with Crippen LogP contribution in [0.4, 0.5) is 4.79 Å². The van der Waals surface area contributed by atoms with Crippen molar-refractivity contribution in [2.75, 3.05) is 26.2 Å². The number of ether oxygens (including phenoxy) is 1. The summed E-state index contributed by atoms with van der Waals surface area (Å²) in [6.07, 6.45) is 7.31. The minimum absolute atomic E-state index is 0.115. The van der Waals surface area contributed by atoms with Gasteiger partial charge in [-0.2, -0.15) is 5.10 Å². The minimum atomic E-state index is -0.131. The molecule has 3 aliphatic heterocycles. The number of amides is 3. The molecule has 1 N–H and O–H groups in total. The Bertz CT molecular complexity index is 724. The number of rotatable bonds is 2. The van der Waals surface area contributed by atoms with E-state index >= 15 is 0 Å². The number of nitrogens with zero attached hydrogens (tertiary/aromatic N) is 4. The van der Waals surface area contributed by atoms with Gasteiger partial charge in [-0.05, 0) is 19.3 Å². The Kier molecular flexibility index (Phi) is 2.94. The number of urea groups is 1. The second kappa shape index (κ2) is 4.89. The average molecular weight is 345 g/mol. The van der Waals surface area contributed by atoms with Crippen molar-refractivity contribution in [3.05, 3.63) is 12.4 Å². The van der Waals surface area contributed by atoms with Gasteiger partial charge < -0.3 is 19.9 Å². The second-order valence-corrected chi connectivity index (χ2v) is 8.32. The maximum Gasteiger partial charge on any atom is 0.320 e. The highest BCUT2D eigenvalue weighted by Gasteiger charge is 2.57. The third kappa shape index (κ3) is 2.38. The largest absolute Gasteiger partial charge is 0.487 e. The number of likely N-dealkylation sites (tertiary alicyclic amines) is 2. The Hall–Kier alpha value is -2.25. The van der Waals surface area contributed by atoms with Crippen LogP contribution in [0.15, 0.2) is 12.4 Å². The Labute approximate surface area is 146 Å². The molecule has 0 unspecified atom stereocenters. The van der Waals surface area contributed by atoms with E-state index in [1.165, 1.54) is 0 Å². The quantitative estimate of drug-likeness (QED) is 0.839. The van der Waals surface area contributed by atoms with Gasteiger partial charge in [-0.25, -0.2) is 4.79 Å². The van der Waals surface area contributed by atoms with Crippen molar-refractivity contribution >= 4 is 11.9 Å². The summed E-state index contributed by atoms with van der Waals surface area (Å²) in [7, 11) is 1.88. The van der Waals surface area contributed by atoms with Crippen molar-refractivity contribution in [3.63, 3.8) is 0 Å². The molecule has 1 aromatic heterocycles. The number of aromatic nitrogens is 2. The molecule has 4 heterocycles. The second-order valence-electron chi connectivity index (χ2n) is 8.32. The summed E-state index contributed by atoms with van der Waals surface area (Å²) in [5, 5.41) is 7.13. The SMILES string of the molecule is Cn1cc(OC2CC3(C2)CN(C(=O)N2CC4(CCC(=O)N4)C2)C3)cn1. The summed E-state index contributed by atoms with van der Waals surface area (Å²) < 4.78 is 7.65. The van der Waals surface area contributed by atoms with Crippen LogP contribution in [-0.2, 0) is 11.8 Å². The third-order valence-corrected chi connectivity index (χ3v) is 6.12. The van der Waals surface area contributed by atoms with Gasteiger partial charge in [-0.3, -0.25) is 9.48 Å².